The molecule has 1 aromatic heterocycles. The lowest BCUT2D eigenvalue weighted by atomic mass is 10.0. The third kappa shape index (κ3) is 2.66. The fraction of sp³-hybridized carbons (Fsp3) is 0.214. The van der Waals surface area contributed by atoms with Crippen molar-refractivity contribution in [2.24, 2.45) is 0 Å². The minimum Gasteiger partial charge on any atom is -0.495 e. The molecule has 0 amide bonds. The van der Waals surface area contributed by atoms with Crippen molar-refractivity contribution in [1.82, 2.24) is 4.98 Å². The summed E-state index contributed by atoms with van der Waals surface area (Å²) in [6.07, 6.45) is 0.484. The van der Waals surface area contributed by atoms with Crippen molar-refractivity contribution in [1.29, 1.82) is 0 Å². The van der Waals surface area contributed by atoms with Crippen molar-refractivity contribution >= 4 is 0 Å². The predicted molar refractivity (Wildman–Crippen MR) is 67.8 cm³/mol. The van der Waals surface area contributed by atoms with Gasteiger partial charge in [-0.25, -0.2) is 4.39 Å². The first kappa shape index (κ1) is 13.3. The zero-order chi connectivity index (χ0) is 13.8. The van der Waals surface area contributed by atoms with Crippen LogP contribution in [0.3, 0.4) is 0 Å². The molecule has 2 rings (SSSR count). The van der Waals surface area contributed by atoms with Crippen LogP contribution in [0.15, 0.2) is 36.5 Å². The molecule has 0 saturated heterocycles. The van der Waals surface area contributed by atoms with Crippen LogP contribution in [0.1, 0.15) is 17.4 Å². The average molecular weight is 263 g/mol. The summed E-state index contributed by atoms with van der Waals surface area (Å²) in [5.41, 5.74) is 0.727. The molecule has 2 aromatic rings. The Kier molecular flexibility index (Phi) is 3.97. The topological polar surface area (TPSA) is 51.6 Å². The summed E-state index contributed by atoms with van der Waals surface area (Å²) in [5, 5.41) is 10.2. The van der Waals surface area contributed by atoms with E-state index in [2.05, 4.69) is 4.98 Å². The van der Waals surface area contributed by atoms with Gasteiger partial charge in [0.05, 0.1) is 14.2 Å². The molecule has 1 aromatic carbocycles. The SMILES string of the molecule is COc1ccc(C(O)c2ncccc2OC)cc1F. The Balaban J connectivity index is 2.38. The van der Waals surface area contributed by atoms with E-state index < -0.39 is 11.9 Å². The maximum atomic E-state index is 13.6. The lowest BCUT2D eigenvalue weighted by Crippen LogP contribution is -2.05. The second-order valence-electron chi connectivity index (χ2n) is 3.89. The van der Waals surface area contributed by atoms with E-state index in [1.165, 1.54) is 26.4 Å². The molecule has 4 nitrogen and oxygen atoms in total. The van der Waals surface area contributed by atoms with Gasteiger partial charge >= 0.3 is 0 Å². The molecule has 0 fully saturated rings. The molecule has 0 aliphatic heterocycles. The number of ether oxygens (including phenoxy) is 2. The van der Waals surface area contributed by atoms with Gasteiger partial charge in [0, 0.05) is 6.20 Å². The number of aromatic nitrogens is 1. The smallest absolute Gasteiger partial charge is 0.165 e. The molecule has 0 aliphatic carbocycles. The highest BCUT2D eigenvalue weighted by molar-refractivity contribution is 5.38. The summed E-state index contributed by atoms with van der Waals surface area (Å²) in [6, 6.07) is 7.65. The zero-order valence-corrected chi connectivity index (χ0v) is 10.6. The molecule has 1 N–H and O–H groups in total. The number of hydrogen-bond acceptors (Lipinski definition) is 4. The monoisotopic (exact) mass is 263 g/mol. The molecule has 1 unspecified atom stereocenters. The van der Waals surface area contributed by atoms with Crippen molar-refractivity contribution in [3.8, 4) is 11.5 Å². The van der Waals surface area contributed by atoms with Gasteiger partial charge in [-0.15, -0.1) is 0 Å². The first-order valence-corrected chi connectivity index (χ1v) is 5.67. The molecule has 5 heteroatoms. The average Bonchev–Trinajstić information content (AvgIpc) is 2.46. The third-order valence-electron chi connectivity index (χ3n) is 2.77. The standard InChI is InChI=1S/C14H14FNO3/c1-18-11-6-5-9(8-10(11)15)14(17)13-12(19-2)4-3-7-16-13/h3-8,14,17H,1-2H3. The van der Waals surface area contributed by atoms with Crippen LogP contribution >= 0.6 is 0 Å². The van der Waals surface area contributed by atoms with E-state index in [9.17, 15) is 9.50 Å². The van der Waals surface area contributed by atoms with Gasteiger partial charge in [0.1, 0.15) is 17.5 Å². The van der Waals surface area contributed by atoms with Crippen LogP contribution in [0.2, 0.25) is 0 Å². The van der Waals surface area contributed by atoms with E-state index in [1.54, 1.807) is 24.4 Å². The second-order valence-corrected chi connectivity index (χ2v) is 3.89. The molecule has 19 heavy (non-hydrogen) atoms. The highest BCUT2D eigenvalue weighted by Gasteiger charge is 2.18. The quantitative estimate of drug-likeness (QED) is 0.919. The van der Waals surface area contributed by atoms with E-state index >= 15 is 0 Å². The molecular weight excluding hydrogens is 249 g/mol. The number of benzene rings is 1. The van der Waals surface area contributed by atoms with E-state index in [0.29, 0.717) is 17.0 Å². The number of aliphatic hydroxyl groups is 1. The largest absolute Gasteiger partial charge is 0.495 e. The van der Waals surface area contributed by atoms with E-state index in [-0.39, 0.29) is 5.75 Å². The molecule has 1 atom stereocenters. The third-order valence-corrected chi connectivity index (χ3v) is 2.77. The van der Waals surface area contributed by atoms with Crippen molar-refractivity contribution < 1.29 is 19.0 Å². The first-order chi connectivity index (χ1) is 9.17. The molecule has 0 aliphatic rings. The molecule has 0 spiro atoms. The van der Waals surface area contributed by atoms with Crippen molar-refractivity contribution in [3.63, 3.8) is 0 Å². The summed E-state index contributed by atoms with van der Waals surface area (Å²) in [6.45, 7) is 0. The number of nitrogens with zero attached hydrogens (tertiary/aromatic N) is 1. The molecule has 0 radical (unpaired) electrons. The molecule has 0 bridgehead atoms. The van der Waals surface area contributed by atoms with Crippen LogP contribution in [-0.2, 0) is 0 Å². The number of pyridine rings is 1. The fourth-order valence-corrected chi connectivity index (χ4v) is 1.79. The maximum Gasteiger partial charge on any atom is 0.165 e. The fourth-order valence-electron chi connectivity index (χ4n) is 1.79. The Morgan fingerprint density at radius 3 is 2.53 bits per heavy atom. The second kappa shape index (κ2) is 5.67. The van der Waals surface area contributed by atoms with Crippen molar-refractivity contribution in [2.75, 3.05) is 14.2 Å². The molecule has 100 valence electrons. The van der Waals surface area contributed by atoms with Crippen molar-refractivity contribution in [2.45, 2.75) is 6.10 Å². The lowest BCUT2D eigenvalue weighted by Gasteiger charge is -2.14. The lowest BCUT2D eigenvalue weighted by molar-refractivity contribution is 0.208. The summed E-state index contributed by atoms with van der Waals surface area (Å²) >= 11 is 0. The number of hydrogen-bond donors (Lipinski definition) is 1. The predicted octanol–water partition coefficient (Wildman–Crippen LogP) is 2.32. The number of rotatable bonds is 4. The Bertz CT molecular complexity index is 574. The van der Waals surface area contributed by atoms with Crippen LogP contribution in [0.4, 0.5) is 4.39 Å². The van der Waals surface area contributed by atoms with Crippen LogP contribution in [0, 0.1) is 5.82 Å². The normalized spacial score (nSPS) is 12.0. The van der Waals surface area contributed by atoms with Gasteiger partial charge in [-0.3, -0.25) is 4.98 Å². The van der Waals surface area contributed by atoms with Gasteiger partial charge in [0.25, 0.3) is 0 Å². The summed E-state index contributed by atoms with van der Waals surface area (Å²) in [7, 11) is 2.87. The molecule has 1 heterocycles. The van der Waals surface area contributed by atoms with Gasteiger partial charge in [0.2, 0.25) is 0 Å². The van der Waals surface area contributed by atoms with Gasteiger partial charge in [-0.1, -0.05) is 6.07 Å². The molecule has 0 saturated carbocycles. The number of methoxy groups -OCH3 is 2. The number of halogens is 1. The van der Waals surface area contributed by atoms with E-state index in [1.807, 2.05) is 0 Å². The van der Waals surface area contributed by atoms with Crippen LogP contribution in [-0.4, -0.2) is 24.3 Å². The van der Waals surface area contributed by atoms with Gasteiger partial charge < -0.3 is 14.6 Å². The Morgan fingerprint density at radius 2 is 1.89 bits per heavy atom. The van der Waals surface area contributed by atoms with Crippen molar-refractivity contribution in [3.05, 3.63) is 53.6 Å². The maximum absolute atomic E-state index is 13.6. The Hall–Kier alpha value is -2.14. The Morgan fingerprint density at radius 1 is 1.16 bits per heavy atom. The van der Waals surface area contributed by atoms with E-state index in [0.717, 1.165) is 0 Å². The van der Waals surface area contributed by atoms with Gasteiger partial charge in [-0.05, 0) is 29.8 Å². The van der Waals surface area contributed by atoms with Gasteiger partial charge in [0.15, 0.2) is 11.6 Å². The van der Waals surface area contributed by atoms with Crippen LogP contribution in [0.25, 0.3) is 0 Å². The van der Waals surface area contributed by atoms with Crippen LogP contribution in [0.5, 0.6) is 11.5 Å². The zero-order valence-electron chi connectivity index (χ0n) is 10.6. The van der Waals surface area contributed by atoms with Crippen LogP contribution < -0.4 is 9.47 Å². The summed E-state index contributed by atoms with van der Waals surface area (Å²) < 4.78 is 23.6. The first-order valence-electron chi connectivity index (χ1n) is 5.67. The molecular formula is C14H14FNO3. The summed E-state index contributed by atoms with van der Waals surface area (Å²) in [5.74, 6) is 0.0455. The summed E-state index contributed by atoms with van der Waals surface area (Å²) in [4.78, 5) is 4.07. The highest BCUT2D eigenvalue weighted by atomic mass is 19.1. The number of aliphatic hydroxyl groups excluding tert-OH is 1. The minimum absolute atomic E-state index is 0.129. The highest BCUT2D eigenvalue weighted by Crippen LogP contribution is 2.29. The van der Waals surface area contributed by atoms with E-state index in [4.69, 9.17) is 9.47 Å². The Labute approximate surface area is 110 Å². The van der Waals surface area contributed by atoms with Gasteiger partial charge in [-0.2, -0.15) is 0 Å². The minimum atomic E-state index is -1.06.